The van der Waals surface area contributed by atoms with Crippen molar-refractivity contribution in [2.24, 2.45) is 0 Å². The number of aromatic nitrogens is 1. The summed E-state index contributed by atoms with van der Waals surface area (Å²) in [5.74, 6) is 0.803. The van der Waals surface area contributed by atoms with Crippen LogP contribution in [-0.2, 0) is 0 Å². The fraction of sp³-hybridized carbons (Fsp3) is 0.0625. The van der Waals surface area contributed by atoms with Gasteiger partial charge in [-0.05, 0) is 13.0 Å². The highest BCUT2D eigenvalue weighted by Gasteiger charge is 2.07. The van der Waals surface area contributed by atoms with Crippen molar-refractivity contribution in [3.8, 4) is 22.6 Å². The van der Waals surface area contributed by atoms with Gasteiger partial charge in [0.05, 0.1) is 0 Å². The van der Waals surface area contributed by atoms with E-state index in [0.717, 1.165) is 22.6 Å². The Bertz CT molecular complexity index is 656. The van der Waals surface area contributed by atoms with E-state index in [1.165, 1.54) is 5.56 Å². The number of hydrogen-bond acceptors (Lipinski definition) is 2. The molecular formula is C16H13NO. The van der Waals surface area contributed by atoms with E-state index in [1.54, 1.807) is 0 Å². The molecule has 1 heterocycles. The Labute approximate surface area is 106 Å². The van der Waals surface area contributed by atoms with Gasteiger partial charge in [-0.2, -0.15) is 0 Å². The summed E-state index contributed by atoms with van der Waals surface area (Å²) in [6.07, 6.45) is 0. The number of benzene rings is 2. The molecule has 0 bridgehead atoms. The molecule has 0 saturated heterocycles. The van der Waals surface area contributed by atoms with E-state index in [-0.39, 0.29) is 0 Å². The van der Waals surface area contributed by atoms with Crippen LogP contribution in [0.3, 0.4) is 0 Å². The average molecular weight is 235 g/mol. The molecule has 0 aliphatic heterocycles. The van der Waals surface area contributed by atoms with Gasteiger partial charge in [0, 0.05) is 17.2 Å². The first-order valence-electron chi connectivity index (χ1n) is 5.92. The summed E-state index contributed by atoms with van der Waals surface area (Å²) in [7, 11) is 0. The zero-order chi connectivity index (χ0) is 12.4. The first-order valence-corrected chi connectivity index (χ1v) is 5.92. The Balaban J connectivity index is 2.00. The number of rotatable bonds is 2. The zero-order valence-corrected chi connectivity index (χ0v) is 10.1. The molecular weight excluding hydrogens is 222 g/mol. The van der Waals surface area contributed by atoms with Gasteiger partial charge in [0.1, 0.15) is 5.69 Å². The SMILES string of the molecule is Cc1cccc(-c2cc(-c3ccccc3)no2)c1. The lowest BCUT2D eigenvalue weighted by atomic mass is 10.1. The van der Waals surface area contributed by atoms with Crippen molar-refractivity contribution in [3.63, 3.8) is 0 Å². The van der Waals surface area contributed by atoms with E-state index in [0.29, 0.717) is 0 Å². The summed E-state index contributed by atoms with van der Waals surface area (Å²) in [6.45, 7) is 2.07. The van der Waals surface area contributed by atoms with Crippen LogP contribution in [0.1, 0.15) is 5.56 Å². The second kappa shape index (κ2) is 4.49. The fourth-order valence-corrected chi connectivity index (χ4v) is 1.95. The highest BCUT2D eigenvalue weighted by molar-refractivity contribution is 5.66. The molecule has 0 aliphatic rings. The lowest BCUT2D eigenvalue weighted by Gasteiger charge is -1.96. The van der Waals surface area contributed by atoms with Crippen LogP contribution < -0.4 is 0 Å². The average Bonchev–Trinajstić information content (AvgIpc) is 2.89. The molecule has 3 aromatic rings. The van der Waals surface area contributed by atoms with Crippen LogP contribution in [0.25, 0.3) is 22.6 Å². The summed E-state index contributed by atoms with van der Waals surface area (Å²) < 4.78 is 5.41. The zero-order valence-electron chi connectivity index (χ0n) is 10.1. The highest BCUT2D eigenvalue weighted by Crippen LogP contribution is 2.26. The third-order valence-corrected chi connectivity index (χ3v) is 2.88. The topological polar surface area (TPSA) is 26.0 Å². The van der Waals surface area contributed by atoms with Crippen molar-refractivity contribution in [3.05, 3.63) is 66.2 Å². The van der Waals surface area contributed by atoms with Gasteiger partial charge in [0.15, 0.2) is 5.76 Å². The quantitative estimate of drug-likeness (QED) is 0.661. The molecule has 0 unspecified atom stereocenters. The first-order chi connectivity index (χ1) is 8.83. The Morgan fingerprint density at radius 1 is 0.833 bits per heavy atom. The van der Waals surface area contributed by atoms with Gasteiger partial charge in [-0.25, -0.2) is 0 Å². The molecule has 0 atom stereocenters. The Morgan fingerprint density at radius 2 is 1.61 bits per heavy atom. The van der Waals surface area contributed by atoms with E-state index in [4.69, 9.17) is 4.52 Å². The van der Waals surface area contributed by atoms with Crippen molar-refractivity contribution in [2.75, 3.05) is 0 Å². The van der Waals surface area contributed by atoms with Crippen molar-refractivity contribution in [2.45, 2.75) is 6.92 Å². The van der Waals surface area contributed by atoms with Crippen LogP contribution in [0.4, 0.5) is 0 Å². The van der Waals surface area contributed by atoms with Crippen LogP contribution in [0.2, 0.25) is 0 Å². The summed E-state index contributed by atoms with van der Waals surface area (Å²) in [6, 6.07) is 20.2. The van der Waals surface area contributed by atoms with E-state index in [2.05, 4.69) is 24.2 Å². The maximum Gasteiger partial charge on any atom is 0.167 e. The Morgan fingerprint density at radius 3 is 2.39 bits per heavy atom. The third kappa shape index (κ3) is 2.05. The largest absolute Gasteiger partial charge is 0.356 e. The lowest BCUT2D eigenvalue weighted by Crippen LogP contribution is -1.75. The van der Waals surface area contributed by atoms with Gasteiger partial charge in [0.25, 0.3) is 0 Å². The molecule has 18 heavy (non-hydrogen) atoms. The standard InChI is InChI=1S/C16H13NO/c1-12-6-5-9-14(10-12)16-11-15(17-18-16)13-7-3-2-4-8-13/h2-11H,1H3. The molecule has 0 saturated carbocycles. The van der Waals surface area contributed by atoms with Gasteiger partial charge in [0.2, 0.25) is 0 Å². The van der Waals surface area contributed by atoms with Gasteiger partial charge in [-0.15, -0.1) is 0 Å². The highest BCUT2D eigenvalue weighted by atomic mass is 16.5. The minimum absolute atomic E-state index is 0.803. The molecule has 0 spiro atoms. The molecule has 2 heteroatoms. The first kappa shape index (κ1) is 10.8. The number of nitrogens with zero attached hydrogens (tertiary/aromatic N) is 1. The predicted octanol–water partition coefficient (Wildman–Crippen LogP) is 4.32. The van der Waals surface area contributed by atoms with Crippen LogP contribution in [0, 0.1) is 6.92 Å². The van der Waals surface area contributed by atoms with E-state index >= 15 is 0 Å². The Hall–Kier alpha value is -2.35. The van der Waals surface area contributed by atoms with E-state index in [1.807, 2.05) is 48.5 Å². The molecule has 2 aromatic carbocycles. The minimum atomic E-state index is 0.803. The summed E-state index contributed by atoms with van der Waals surface area (Å²) in [5, 5.41) is 4.12. The van der Waals surface area contributed by atoms with Crippen molar-refractivity contribution >= 4 is 0 Å². The molecule has 0 fully saturated rings. The third-order valence-electron chi connectivity index (χ3n) is 2.88. The van der Waals surface area contributed by atoms with Crippen LogP contribution in [-0.4, -0.2) is 5.16 Å². The summed E-state index contributed by atoms with van der Waals surface area (Å²) >= 11 is 0. The molecule has 2 nitrogen and oxygen atoms in total. The van der Waals surface area contributed by atoms with Gasteiger partial charge >= 0.3 is 0 Å². The number of aryl methyl sites for hydroxylation is 1. The van der Waals surface area contributed by atoms with Crippen LogP contribution >= 0.6 is 0 Å². The monoisotopic (exact) mass is 235 g/mol. The molecule has 1 aromatic heterocycles. The second-order valence-corrected chi connectivity index (χ2v) is 4.31. The van der Waals surface area contributed by atoms with Crippen molar-refractivity contribution in [1.82, 2.24) is 5.16 Å². The fourth-order valence-electron chi connectivity index (χ4n) is 1.95. The molecule has 0 N–H and O–H groups in total. The predicted molar refractivity (Wildman–Crippen MR) is 72.1 cm³/mol. The van der Waals surface area contributed by atoms with E-state index in [9.17, 15) is 0 Å². The molecule has 0 aliphatic carbocycles. The summed E-state index contributed by atoms with van der Waals surface area (Å²) in [4.78, 5) is 0. The molecule has 88 valence electrons. The van der Waals surface area contributed by atoms with Crippen molar-refractivity contribution < 1.29 is 4.52 Å². The minimum Gasteiger partial charge on any atom is -0.356 e. The second-order valence-electron chi connectivity index (χ2n) is 4.31. The van der Waals surface area contributed by atoms with Crippen LogP contribution in [0.5, 0.6) is 0 Å². The normalized spacial score (nSPS) is 10.5. The van der Waals surface area contributed by atoms with Gasteiger partial charge < -0.3 is 4.52 Å². The molecule has 0 amide bonds. The molecule has 3 rings (SSSR count). The Kier molecular flexibility index (Phi) is 2.69. The maximum absolute atomic E-state index is 5.41. The number of hydrogen-bond donors (Lipinski definition) is 0. The van der Waals surface area contributed by atoms with Gasteiger partial charge in [-0.3, -0.25) is 0 Å². The molecule has 0 radical (unpaired) electrons. The van der Waals surface area contributed by atoms with E-state index < -0.39 is 0 Å². The lowest BCUT2D eigenvalue weighted by molar-refractivity contribution is 0.435. The summed E-state index contributed by atoms with van der Waals surface area (Å²) in [5.41, 5.74) is 4.21. The maximum atomic E-state index is 5.41. The van der Waals surface area contributed by atoms with Crippen LogP contribution in [0.15, 0.2) is 65.2 Å². The van der Waals surface area contributed by atoms with Crippen molar-refractivity contribution in [1.29, 1.82) is 0 Å². The van der Waals surface area contributed by atoms with Gasteiger partial charge in [-0.1, -0.05) is 59.3 Å². The smallest absolute Gasteiger partial charge is 0.167 e.